The number of ether oxygens (including phenoxy) is 1. The van der Waals surface area contributed by atoms with Crippen LogP contribution in [0, 0.1) is 0 Å². The third kappa shape index (κ3) is 13.6. The largest absolute Gasteiger partial charge is 2.00 e. The van der Waals surface area contributed by atoms with Gasteiger partial charge in [-0.1, -0.05) is 144 Å². The van der Waals surface area contributed by atoms with E-state index in [9.17, 15) is 0 Å². The molecule has 0 N–H and O–H groups in total. The van der Waals surface area contributed by atoms with Crippen molar-refractivity contribution in [3.8, 4) is 0 Å². The van der Waals surface area contributed by atoms with E-state index < -0.39 is 0 Å². The van der Waals surface area contributed by atoms with E-state index in [-0.39, 0.29) is 23.1 Å². The molecule has 1 aliphatic rings. The Morgan fingerprint density at radius 2 is 0.667 bits per heavy atom. The van der Waals surface area contributed by atoms with Crippen molar-refractivity contribution in [1.29, 1.82) is 0 Å². The third-order valence-electron chi connectivity index (χ3n) is 5.38. The molecule has 0 aliphatic carbocycles. The van der Waals surface area contributed by atoms with Crippen LogP contribution in [0.4, 0.5) is 0 Å². The van der Waals surface area contributed by atoms with Gasteiger partial charge in [0.05, 0.1) is 0 Å². The molecule has 0 radical (unpaired) electrons. The Hall–Kier alpha value is -2.47. The fourth-order valence-corrected chi connectivity index (χ4v) is 3.47. The van der Waals surface area contributed by atoms with Gasteiger partial charge in [0.1, 0.15) is 0 Å². The molecule has 5 rings (SSSR count). The molecule has 0 spiro atoms. The molecule has 1 heterocycles. The van der Waals surface area contributed by atoms with Crippen LogP contribution in [0.3, 0.4) is 0 Å². The van der Waals surface area contributed by atoms with E-state index in [1.54, 1.807) is 0 Å². The first-order chi connectivity index (χ1) is 17.4. The Bertz CT molecular complexity index is 843. The molecule has 1 fully saturated rings. The van der Waals surface area contributed by atoms with E-state index in [1.807, 2.05) is 72.8 Å². The fourth-order valence-electron chi connectivity index (χ4n) is 3.47. The second-order valence-electron chi connectivity index (χ2n) is 8.34. The first-order valence-corrected chi connectivity index (χ1v) is 12.4. The summed E-state index contributed by atoms with van der Waals surface area (Å²) in [6, 6.07) is 41.4. The van der Waals surface area contributed by atoms with Crippen molar-refractivity contribution in [2.75, 3.05) is 13.2 Å². The number of benzene rings is 4. The standard InChI is InChI=1S/2C14H14N.C4H8O.Mg/c2*1-3-7-13(8-4-1)11-15-12-14-9-5-2-6-10-14;1-2-4-5-3-1;/h2*1-10H,11-12H2;1-4H2;/q2*-1;;+2. The molecule has 3 nitrogen and oxygen atoms in total. The zero-order chi connectivity index (χ0) is 24.2. The van der Waals surface area contributed by atoms with Crippen LogP contribution in [-0.4, -0.2) is 36.3 Å². The van der Waals surface area contributed by atoms with Crippen molar-refractivity contribution in [2.45, 2.75) is 39.0 Å². The van der Waals surface area contributed by atoms with Crippen molar-refractivity contribution < 1.29 is 4.74 Å². The molecule has 4 heteroatoms. The van der Waals surface area contributed by atoms with Crippen LogP contribution in [-0.2, 0) is 30.9 Å². The van der Waals surface area contributed by atoms with Gasteiger partial charge in [0.15, 0.2) is 0 Å². The molecule has 0 bridgehead atoms. The maximum atomic E-state index is 4.94. The average molecular weight is 489 g/mol. The third-order valence-corrected chi connectivity index (χ3v) is 5.38. The van der Waals surface area contributed by atoms with Gasteiger partial charge in [-0.25, -0.2) is 0 Å². The predicted octanol–water partition coefficient (Wildman–Crippen LogP) is 7.94. The molecule has 4 aromatic carbocycles. The SMILES string of the molecule is C1CCOC1.[Mg+2].c1ccc(C[N-]Cc2ccccc2)cc1.c1ccc(C[N-]Cc2ccccc2)cc1. The van der Waals surface area contributed by atoms with Gasteiger partial charge < -0.3 is 15.4 Å². The Kier molecular flexibility index (Phi) is 16.3. The van der Waals surface area contributed by atoms with Gasteiger partial charge in [0, 0.05) is 13.2 Å². The van der Waals surface area contributed by atoms with Gasteiger partial charge in [0.2, 0.25) is 0 Å². The van der Waals surface area contributed by atoms with Crippen LogP contribution in [0.5, 0.6) is 0 Å². The monoisotopic (exact) mass is 488 g/mol. The van der Waals surface area contributed by atoms with E-state index in [4.69, 9.17) is 4.74 Å². The summed E-state index contributed by atoms with van der Waals surface area (Å²) in [6.07, 6.45) is 2.56. The van der Waals surface area contributed by atoms with E-state index in [2.05, 4.69) is 59.2 Å². The Morgan fingerprint density at radius 1 is 0.417 bits per heavy atom. The average Bonchev–Trinajstić information content (AvgIpc) is 3.52. The Balaban J connectivity index is 0.000000208. The van der Waals surface area contributed by atoms with Crippen molar-refractivity contribution in [2.24, 2.45) is 0 Å². The zero-order valence-corrected chi connectivity index (χ0v) is 22.6. The summed E-state index contributed by atoms with van der Waals surface area (Å²) in [7, 11) is 0. The zero-order valence-electron chi connectivity index (χ0n) is 21.2. The summed E-state index contributed by atoms with van der Waals surface area (Å²) < 4.78 is 4.94. The van der Waals surface area contributed by atoms with E-state index in [1.165, 1.54) is 35.1 Å². The first kappa shape index (κ1) is 29.8. The second kappa shape index (κ2) is 19.7. The maximum absolute atomic E-state index is 4.94. The van der Waals surface area contributed by atoms with Crippen LogP contribution in [0.2, 0.25) is 0 Å². The minimum absolute atomic E-state index is 0. The van der Waals surface area contributed by atoms with Crippen LogP contribution < -0.4 is 0 Å². The van der Waals surface area contributed by atoms with E-state index in [0.29, 0.717) is 0 Å². The van der Waals surface area contributed by atoms with Crippen molar-refractivity contribution in [3.05, 3.63) is 154 Å². The van der Waals surface area contributed by atoms with Crippen LogP contribution in [0.25, 0.3) is 10.6 Å². The predicted molar refractivity (Wildman–Crippen MR) is 153 cm³/mol. The molecule has 1 saturated heterocycles. The number of hydrogen-bond donors (Lipinski definition) is 0. The van der Waals surface area contributed by atoms with E-state index in [0.717, 1.165) is 39.4 Å². The summed E-state index contributed by atoms with van der Waals surface area (Å²) in [5.74, 6) is 0. The fraction of sp³-hybridized carbons (Fsp3) is 0.250. The minimum atomic E-state index is 0. The van der Waals surface area contributed by atoms with Gasteiger partial charge >= 0.3 is 23.1 Å². The Morgan fingerprint density at radius 3 is 0.861 bits per heavy atom. The van der Waals surface area contributed by atoms with Crippen LogP contribution in [0.1, 0.15) is 35.1 Å². The number of nitrogens with zero attached hydrogens (tertiary/aromatic N) is 2. The molecular formula is C32H36MgN2O. The molecule has 0 amide bonds. The summed E-state index contributed by atoms with van der Waals surface area (Å²) in [5.41, 5.74) is 5.09. The van der Waals surface area contributed by atoms with Crippen LogP contribution >= 0.6 is 0 Å². The quantitative estimate of drug-likeness (QED) is 0.232. The van der Waals surface area contributed by atoms with Gasteiger partial charge in [-0.05, 0) is 12.8 Å². The van der Waals surface area contributed by atoms with Crippen molar-refractivity contribution >= 4 is 23.1 Å². The van der Waals surface area contributed by atoms with Gasteiger partial charge in [-0.3, -0.25) is 0 Å². The van der Waals surface area contributed by atoms with E-state index >= 15 is 0 Å². The molecule has 0 saturated carbocycles. The van der Waals surface area contributed by atoms with Gasteiger partial charge in [0.25, 0.3) is 0 Å². The van der Waals surface area contributed by atoms with Crippen LogP contribution in [0.15, 0.2) is 121 Å². The topological polar surface area (TPSA) is 37.4 Å². The smallest absolute Gasteiger partial charge is 0.655 e. The summed E-state index contributed by atoms with van der Waals surface area (Å²) in [4.78, 5) is 0. The maximum Gasteiger partial charge on any atom is 2.00 e. The first-order valence-electron chi connectivity index (χ1n) is 12.4. The minimum Gasteiger partial charge on any atom is -0.655 e. The Labute approximate surface area is 233 Å². The summed E-state index contributed by atoms with van der Waals surface area (Å²) >= 11 is 0. The molecule has 182 valence electrons. The molecule has 0 aromatic heterocycles. The molecule has 4 aromatic rings. The molecule has 1 aliphatic heterocycles. The molecule has 36 heavy (non-hydrogen) atoms. The molecular weight excluding hydrogens is 453 g/mol. The van der Waals surface area contributed by atoms with Gasteiger partial charge in [-0.2, -0.15) is 0 Å². The number of hydrogen-bond acceptors (Lipinski definition) is 1. The van der Waals surface area contributed by atoms with Crippen molar-refractivity contribution in [1.82, 2.24) is 0 Å². The molecule has 0 atom stereocenters. The second-order valence-corrected chi connectivity index (χ2v) is 8.34. The van der Waals surface area contributed by atoms with Gasteiger partial charge in [-0.15, -0.1) is 26.2 Å². The molecule has 0 unspecified atom stereocenters. The summed E-state index contributed by atoms with van der Waals surface area (Å²) in [5, 5.41) is 9.02. The number of rotatable bonds is 8. The normalized spacial score (nSPS) is 11.8. The van der Waals surface area contributed by atoms with Crippen molar-refractivity contribution in [3.63, 3.8) is 0 Å². The summed E-state index contributed by atoms with van der Waals surface area (Å²) in [6.45, 7) is 5.21.